The van der Waals surface area contributed by atoms with E-state index in [1.807, 2.05) is 20.0 Å². The first kappa shape index (κ1) is 15.9. The summed E-state index contributed by atoms with van der Waals surface area (Å²) in [5.41, 5.74) is 3.06. The van der Waals surface area contributed by atoms with Crippen LogP contribution in [0.3, 0.4) is 0 Å². The molecular weight excluding hydrogens is 278 g/mol. The van der Waals surface area contributed by atoms with Crippen LogP contribution in [-0.2, 0) is 11.2 Å². The van der Waals surface area contributed by atoms with Crippen molar-refractivity contribution >= 4 is 28.4 Å². The molecule has 2 aromatic rings. The number of anilines is 1. The van der Waals surface area contributed by atoms with Crippen molar-refractivity contribution in [1.82, 2.24) is 10.3 Å². The SMILES string of the molecule is CCc1cc(C)cc2c(N(CC)C(=O)NC(C)=O)cncc12. The smallest absolute Gasteiger partial charge is 0.292 e. The molecule has 0 aliphatic carbocycles. The number of imide groups is 1. The fourth-order valence-electron chi connectivity index (χ4n) is 2.64. The molecule has 0 aliphatic heterocycles. The van der Waals surface area contributed by atoms with Gasteiger partial charge in [-0.05, 0) is 31.9 Å². The molecule has 0 aliphatic rings. The summed E-state index contributed by atoms with van der Waals surface area (Å²) in [5, 5.41) is 4.34. The van der Waals surface area contributed by atoms with E-state index in [2.05, 4.69) is 29.4 Å². The van der Waals surface area contributed by atoms with Crippen LogP contribution in [0.15, 0.2) is 24.5 Å². The number of carbonyl (C=O) groups excluding carboxylic acids is 2. The molecule has 0 radical (unpaired) electrons. The van der Waals surface area contributed by atoms with E-state index in [9.17, 15) is 9.59 Å². The number of rotatable bonds is 3. The first-order chi connectivity index (χ1) is 10.5. The van der Waals surface area contributed by atoms with Crippen LogP contribution in [0.25, 0.3) is 10.8 Å². The summed E-state index contributed by atoms with van der Waals surface area (Å²) in [6.07, 6.45) is 4.40. The summed E-state index contributed by atoms with van der Waals surface area (Å²) < 4.78 is 0. The minimum Gasteiger partial charge on any atom is -0.292 e. The summed E-state index contributed by atoms with van der Waals surface area (Å²) in [6, 6.07) is 3.76. The van der Waals surface area contributed by atoms with Crippen LogP contribution in [-0.4, -0.2) is 23.5 Å². The number of amides is 3. The van der Waals surface area contributed by atoms with Gasteiger partial charge in [-0.3, -0.25) is 20.0 Å². The molecule has 0 saturated heterocycles. The van der Waals surface area contributed by atoms with Crippen molar-refractivity contribution in [2.24, 2.45) is 0 Å². The van der Waals surface area contributed by atoms with Crippen molar-refractivity contribution in [2.75, 3.05) is 11.4 Å². The lowest BCUT2D eigenvalue weighted by atomic mass is 10.0. The van der Waals surface area contributed by atoms with Crippen molar-refractivity contribution in [1.29, 1.82) is 0 Å². The van der Waals surface area contributed by atoms with Gasteiger partial charge in [0, 0.05) is 30.4 Å². The van der Waals surface area contributed by atoms with Gasteiger partial charge in [0.05, 0.1) is 11.9 Å². The third kappa shape index (κ3) is 3.08. The number of carbonyl (C=O) groups is 2. The number of nitrogens with zero attached hydrogens (tertiary/aromatic N) is 2. The summed E-state index contributed by atoms with van der Waals surface area (Å²) in [6.45, 7) is 7.78. The number of hydrogen-bond donors (Lipinski definition) is 1. The molecule has 5 heteroatoms. The van der Waals surface area contributed by atoms with Gasteiger partial charge in [0.25, 0.3) is 0 Å². The average Bonchev–Trinajstić information content (AvgIpc) is 2.46. The molecule has 1 heterocycles. The average molecular weight is 299 g/mol. The first-order valence-electron chi connectivity index (χ1n) is 7.44. The highest BCUT2D eigenvalue weighted by Crippen LogP contribution is 2.29. The molecule has 0 unspecified atom stereocenters. The van der Waals surface area contributed by atoms with E-state index >= 15 is 0 Å². The van der Waals surface area contributed by atoms with Crippen molar-refractivity contribution in [3.05, 3.63) is 35.7 Å². The number of aromatic nitrogens is 1. The van der Waals surface area contributed by atoms with E-state index in [0.29, 0.717) is 6.54 Å². The van der Waals surface area contributed by atoms with Gasteiger partial charge in [-0.2, -0.15) is 0 Å². The monoisotopic (exact) mass is 299 g/mol. The van der Waals surface area contributed by atoms with E-state index in [0.717, 1.165) is 28.4 Å². The van der Waals surface area contributed by atoms with Gasteiger partial charge >= 0.3 is 6.03 Å². The highest BCUT2D eigenvalue weighted by atomic mass is 16.2. The Hall–Kier alpha value is -2.43. The van der Waals surface area contributed by atoms with E-state index in [1.54, 1.807) is 6.20 Å². The first-order valence-corrected chi connectivity index (χ1v) is 7.44. The number of hydrogen-bond acceptors (Lipinski definition) is 3. The molecule has 0 fully saturated rings. The fourth-order valence-corrected chi connectivity index (χ4v) is 2.64. The molecule has 0 spiro atoms. The molecule has 3 amide bonds. The Balaban J connectivity index is 2.61. The van der Waals surface area contributed by atoms with Crippen LogP contribution < -0.4 is 10.2 Å². The highest BCUT2D eigenvalue weighted by molar-refractivity contribution is 6.07. The summed E-state index contributed by atoms with van der Waals surface area (Å²) in [4.78, 5) is 29.2. The quantitative estimate of drug-likeness (QED) is 0.946. The molecule has 1 N–H and O–H groups in total. The second kappa shape index (κ2) is 6.56. The molecule has 0 saturated carbocycles. The van der Waals surface area contributed by atoms with Crippen molar-refractivity contribution in [3.8, 4) is 0 Å². The Morgan fingerprint density at radius 3 is 2.50 bits per heavy atom. The lowest BCUT2D eigenvalue weighted by Gasteiger charge is -2.22. The van der Waals surface area contributed by atoms with Crippen molar-refractivity contribution in [2.45, 2.75) is 34.1 Å². The Bertz CT molecular complexity index is 725. The van der Waals surface area contributed by atoms with Crippen LogP contribution in [0.4, 0.5) is 10.5 Å². The van der Waals surface area contributed by atoms with Gasteiger partial charge in [0.2, 0.25) is 5.91 Å². The van der Waals surface area contributed by atoms with Gasteiger partial charge in [0.15, 0.2) is 0 Å². The zero-order chi connectivity index (χ0) is 16.3. The minimum atomic E-state index is -0.427. The normalized spacial score (nSPS) is 10.5. The van der Waals surface area contributed by atoms with Crippen LogP contribution in [0.2, 0.25) is 0 Å². The molecular formula is C17H21N3O2. The van der Waals surface area contributed by atoms with Crippen molar-refractivity contribution < 1.29 is 9.59 Å². The molecule has 2 rings (SSSR count). The van der Waals surface area contributed by atoms with Crippen LogP contribution in [0.1, 0.15) is 31.9 Å². The molecule has 1 aromatic carbocycles. The lowest BCUT2D eigenvalue weighted by molar-refractivity contribution is -0.117. The van der Waals surface area contributed by atoms with E-state index in [-0.39, 0.29) is 5.91 Å². The second-order valence-electron chi connectivity index (χ2n) is 5.26. The third-order valence-electron chi connectivity index (χ3n) is 3.60. The van der Waals surface area contributed by atoms with Crippen LogP contribution in [0.5, 0.6) is 0 Å². The predicted molar refractivity (Wildman–Crippen MR) is 88.1 cm³/mol. The Kier molecular flexibility index (Phi) is 4.75. The third-order valence-corrected chi connectivity index (χ3v) is 3.60. The molecule has 116 valence electrons. The number of pyridine rings is 1. The summed E-state index contributed by atoms with van der Waals surface area (Å²) in [7, 11) is 0. The maximum atomic E-state index is 12.2. The van der Waals surface area contributed by atoms with Gasteiger partial charge in [0.1, 0.15) is 0 Å². The number of urea groups is 1. The molecule has 5 nitrogen and oxygen atoms in total. The predicted octanol–water partition coefficient (Wildman–Crippen LogP) is 3.19. The second-order valence-corrected chi connectivity index (χ2v) is 5.26. The largest absolute Gasteiger partial charge is 0.328 e. The Morgan fingerprint density at radius 2 is 1.91 bits per heavy atom. The van der Waals surface area contributed by atoms with Gasteiger partial charge < -0.3 is 0 Å². The number of benzene rings is 1. The maximum absolute atomic E-state index is 12.2. The van der Waals surface area contributed by atoms with E-state index in [1.165, 1.54) is 17.4 Å². The zero-order valence-electron chi connectivity index (χ0n) is 13.4. The standard InChI is InChI=1S/C17H21N3O2/c1-5-13-7-11(3)8-14-15(13)9-18-10-16(14)20(6-2)17(22)19-12(4)21/h7-10H,5-6H2,1-4H3,(H,19,21,22). The number of nitrogens with one attached hydrogen (secondary N) is 1. The van der Waals surface area contributed by atoms with E-state index in [4.69, 9.17) is 0 Å². The minimum absolute atomic E-state index is 0.373. The number of aryl methyl sites for hydroxylation is 2. The number of fused-ring (bicyclic) bond motifs is 1. The van der Waals surface area contributed by atoms with Gasteiger partial charge in [-0.25, -0.2) is 4.79 Å². The molecule has 1 aromatic heterocycles. The van der Waals surface area contributed by atoms with Gasteiger partial charge in [-0.15, -0.1) is 0 Å². The summed E-state index contributed by atoms with van der Waals surface area (Å²) >= 11 is 0. The Labute approximate surface area is 130 Å². The molecule has 0 bridgehead atoms. The highest BCUT2D eigenvalue weighted by Gasteiger charge is 2.18. The maximum Gasteiger partial charge on any atom is 0.328 e. The van der Waals surface area contributed by atoms with Crippen LogP contribution in [0, 0.1) is 6.92 Å². The van der Waals surface area contributed by atoms with Gasteiger partial charge in [-0.1, -0.05) is 18.6 Å². The molecule has 0 atom stereocenters. The Morgan fingerprint density at radius 1 is 1.18 bits per heavy atom. The molecule has 22 heavy (non-hydrogen) atoms. The van der Waals surface area contributed by atoms with E-state index < -0.39 is 6.03 Å². The summed E-state index contributed by atoms with van der Waals surface area (Å²) in [5.74, 6) is -0.373. The fraction of sp³-hybridized carbons (Fsp3) is 0.353. The topological polar surface area (TPSA) is 62.3 Å². The lowest BCUT2D eigenvalue weighted by Crippen LogP contribution is -2.42. The van der Waals surface area contributed by atoms with Crippen molar-refractivity contribution in [3.63, 3.8) is 0 Å². The zero-order valence-corrected chi connectivity index (χ0v) is 13.4. The van der Waals surface area contributed by atoms with Crippen LogP contribution >= 0.6 is 0 Å².